The minimum absolute atomic E-state index is 0.131. The minimum atomic E-state index is -0.906. The molecule has 0 saturated heterocycles. The highest BCUT2D eigenvalue weighted by Gasteiger charge is 2.15. The van der Waals surface area contributed by atoms with Crippen LogP contribution in [0.2, 0.25) is 0 Å². The Balaban J connectivity index is 2.26. The molecule has 1 aromatic carbocycles. The highest BCUT2D eigenvalue weighted by Crippen LogP contribution is 2.26. The van der Waals surface area contributed by atoms with Crippen molar-refractivity contribution < 1.29 is 9.90 Å². The van der Waals surface area contributed by atoms with Crippen LogP contribution in [-0.2, 0) is 11.3 Å². The molecule has 2 heterocycles. The molecular formula is C11H8N4O2S. The van der Waals surface area contributed by atoms with Crippen LogP contribution in [0.25, 0.3) is 21.7 Å². The molecule has 0 fully saturated rings. The van der Waals surface area contributed by atoms with E-state index in [1.54, 1.807) is 10.8 Å². The van der Waals surface area contributed by atoms with E-state index in [-0.39, 0.29) is 6.54 Å². The van der Waals surface area contributed by atoms with Crippen molar-refractivity contribution in [1.82, 2.24) is 19.1 Å². The van der Waals surface area contributed by atoms with Crippen molar-refractivity contribution in [1.29, 1.82) is 0 Å². The van der Waals surface area contributed by atoms with Crippen molar-refractivity contribution in [3.63, 3.8) is 0 Å². The topological polar surface area (TPSA) is 80.9 Å². The molecule has 0 amide bonds. The van der Waals surface area contributed by atoms with Gasteiger partial charge in [0, 0.05) is 0 Å². The van der Waals surface area contributed by atoms with Crippen LogP contribution < -0.4 is 0 Å². The van der Waals surface area contributed by atoms with E-state index in [4.69, 9.17) is 5.11 Å². The number of hydrogen-bond donors (Lipinski definition) is 1. The number of hydrogen-bond acceptors (Lipinski definition) is 5. The number of rotatable bonds is 3. The van der Waals surface area contributed by atoms with E-state index in [1.165, 1.54) is 11.5 Å². The van der Waals surface area contributed by atoms with E-state index in [2.05, 4.69) is 14.6 Å². The first kappa shape index (κ1) is 10.8. The van der Waals surface area contributed by atoms with Crippen LogP contribution in [0, 0.1) is 0 Å². The molecule has 0 bridgehead atoms. The number of fused-ring (bicyclic) bond motifs is 1. The van der Waals surface area contributed by atoms with Crippen LogP contribution in [0.1, 0.15) is 0 Å². The van der Waals surface area contributed by atoms with Gasteiger partial charge in [-0.05, 0) is 23.7 Å². The SMILES string of the molecule is O=C(O)Cn1c(-c2cnns2)nc2ccccc21. The fraction of sp³-hybridized carbons (Fsp3) is 0.0909. The van der Waals surface area contributed by atoms with Crippen LogP contribution in [0.3, 0.4) is 0 Å². The van der Waals surface area contributed by atoms with Crippen LogP contribution in [0.5, 0.6) is 0 Å². The molecule has 0 aliphatic rings. The van der Waals surface area contributed by atoms with Gasteiger partial charge >= 0.3 is 5.97 Å². The summed E-state index contributed by atoms with van der Waals surface area (Å²) in [4.78, 5) is 16.2. The summed E-state index contributed by atoms with van der Waals surface area (Å²) in [6, 6.07) is 7.43. The Morgan fingerprint density at radius 1 is 1.39 bits per heavy atom. The van der Waals surface area contributed by atoms with Gasteiger partial charge in [0.25, 0.3) is 0 Å². The van der Waals surface area contributed by atoms with Gasteiger partial charge in [-0.3, -0.25) is 4.79 Å². The van der Waals surface area contributed by atoms with Crippen LogP contribution in [-0.4, -0.2) is 30.2 Å². The summed E-state index contributed by atoms with van der Waals surface area (Å²) in [5, 5.41) is 12.7. The van der Waals surface area contributed by atoms with Gasteiger partial charge in [0.2, 0.25) is 0 Å². The van der Waals surface area contributed by atoms with E-state index < -0.39 is 5.97 Å². The fourth-order valence-corrected chi connectivity index (χ4v) is 2.34. The number of carboxylic acids is 1. The number of aliphatic carboxylic acids is 1. The zero-order valence-corrected chi connectivity index (χ0v) is 9.96. The Kier molecular flexibility index (Phi) is 2.52. The summed E-state index contributed by atoms with van der Waals surface area (Å²) in [5.41, 5.74) is 1.56. The smallest absolute Gasteiger partial charge is 0.323 e. The summed E-state index contributed by atoms with van der Waals surface area (Å²) in [5.74, 6) is -0.314. The molecule has 0 unspecified atom stereocenters. The van der Waals surface area contributed by atoms with Crippen molar-refractivity contribution in [2.75, 3.05) is 0 Å². The Bertz CT molecular complexity index is 705. The summed E-state index contributed by atoms with van der Waals surface area (Å²) < 4.78 is 5.44. The average Bonchev–Trinajstić information content (AvgIpc) is 2.96. The average molecular weight is 260 g/mol. The van der Waals surface area contributed by atoms with Gasteiger partial charge in [-0.15, -0.1) is 5.10 Å². The van der Waals surface area contributed by atoms with Crippen molar-refractivity contribution in [2.45, 2.75) is 6.54 Å². The number of aromatic nitrogens is 4. The summed E-state index contributed by atoms with van der Waals surface area (Å²) in [6.45, 7) is -0.131. The largest absolute Gasteiger partial charge is 0.480 e. The Morgan fingerprint density at radius 2 is 2.22 bits per heavy atom. The van der Waals surface area contributed by atoms with Gasteiger partial charge in [0.1, 0.15) is 11.4 Å². The minimum Gasteiger partial charge on any atom is -0.480 e. The van der Waals surface area contributed by atoms with Crippen molar-refractivity contribution in [3.8, 4) is 10.7 Å². The maximum absolute atomic E-state index is 11.0. The number of para-hydroxylation sites is 2. The molecule has 0 radical (unpaired) electrons. The number of nitrogens with zero attached hydrogens (tertiary/aromatic N) is 4. The molecule has 18 heavy (non-hydrogen) atoms. The number of benzene rings is 1. The lowest BCUT2D eigenvalue weighted by Gasteiger charge is -2.03. The zero-order valence-electron chi connectivity index (χ0n) is 9.15. The van der Waals surface area contributed by atoms with Gasteiger partial charge < -0.3 is 9.67 Å². The van der Waals surface area contributed by atoms with Crippen LogP contribution in [0.4, 0.5) is 0 Å². The second-order valence-electron chi connectivity index (χ2n) is 3.69. The third-order valence-electron chi connectivity index (χ3n) is 2.53. The van der Waals surface area contributed by atoms with Gasteiger partial charge in [-0.2, -0.15) is 0 Å². The molecule has 0 atom stereocenters. The van der Waals surface area contributed by atoms with E-state index in [9.17, 15) is 4.79 Å². The second-order valence-corrected chi connectivity index (χ2v) is 4.47. The molecule has 6 nitrogen and oxygen atoms in total. The van der Waals surface area contributed by atoms with Gasteiger partial charge in [0.05, 0.1) is 17.2 Å². The monoisotopic (exact) mass is 260 g/mol. The molecule has 3 aromatic rings. The molecule has 90 valence electrons. The Morgan fingerprint density at radius 3 is 2.94 bits per heavy atom. The summed E-state index contributed by atoms with van der Waals surface area (Å²) >= 11 is 1.20. The van der Waals surface area contributed by atoms with E-state index in [1.807, 2.05) is 24.3 Å². The highest BCUT2D eigenvalue weighted by molar-refractivity contribution is 7.09. The maximum Gasteiger partial charge on any atom is 0.323 e. The first-order chi connectivity index (χ1) is 8.75. The lowest BCUT2D eigenvalue weighted by molar-refractivity contribution is -0.137. The molecule has 2 aromatic heterocycles. The predicted molar refractivity (Wildman–Crippen MR) is 66.3 cm³/mol. The first-order valence-corrected chi connectivity index (χ1v) is 5.98. The first-order valence-electron chi connectivity index (χ1n) is 5.20. The molecule has 0 aliphatic heterocycles. The standard InChI is InChI=1S/C11H8N4O2S/c16-10(17)6-15-8-4-2-1-3-7(8)13-11(15)9-5-12-14-18-9/h1-5H,6H2,(H,16,17). The third-order valence-corrected chi connectivity index (χ3v) is 3.19. The highest BCUT2D eigenvalue weighted by atomic mass is 32.1. The van der Waals surface area contributed by atoms with Gasteiger partial charge in [-0.25, -0.2) is 4.98 Å². The zero-order chi connectivity index (χ0) is 12.5. The van der Waals surface area contributed by atoms with Gasteiger partial charge in [-0.1, -0.05) is 16.6 Å². The molecular weight excluding hydrogens is 252 g/mol. The summed E-state index contributed by atoms with van der Waals surface area (Å²) in [7, 11) is 0. The summed E-state index contributed by atoms with van der Waals surface area (Å²) in [6.07, 6.45) is 1.59. The number of carboxylic acid groups (broad SMARTS) is 1. The van der Waals surface area contributed by atoms with E-state index >= 15 is 0 Å². The van der Waals surface area contributed by atoms with Crippen LogP contribution in [0.15, 0.2) is 30.5 Å². The number of imidazole rings is 1. The molecule has 0 spiro atoms. The quantitative estimate of drug-likeness (QED) is 0.774. The van der Waals surface area contributed by atoms with E-state index in [0.717, 1.165) is 15.9 Å². The van der Waals surface area contributed by atoms with Gasteiger partial charge in [0.15, 0.2) is 5.82 Å². The lowest BCUT2D eigenvalue weighted by Crippen LogP contribution is -2.09. The van der Waals surface area contributed by atoms with E-state index in [0.29, 0.717) is 5.82 Å². The third kappa shape index (κ3) is 1.74. The van der Waals surface area contributed by atoms with Crippen LogP contribution >= 0.6 is 11.5 Å². The number of carbonyl (C=O) groups is 1. The molecule has 3 rings (SSSR count). The van der Waals surface area contributed by atoms with Crippen molar-refractivity contribution in [2.24, 2.45) is 0 Å². The second kappa shape index (κ2) is 4.19. The predicted octanol–water partition coefficient (Wildman–Crippen LogP) is 1.64. The van der Waals surface area contributed by atoms with Crippen molar-refractivity contribution >= 4 is 28.5 Å². The molecule has 7 heteroatoms. The van der Waals surface area contributed by atoms with Crippen molar-refractivity contribution in [3.05, 3.63) is 30.5 Å². The Hall–Kier alpha value is -2.28. The lowest BCUT2D eigenvalue weighted by atomic mass is 10.3. The molecule has 1 N–H and O–H groups in total. The normalized spacial score (nSPS) is 10.9. The Labute approximate surface area is 106 Å². The fourth-order valence-electron chi connectivity index (χ4n) is 1.82. The maximum atomic E-state index is 11.0. The molecule has 0 saturated carbocycles. The molecule has 0 aliphatic carbocycles.